The molecule has 5 heteroatoms. The summed E-state index contributed by atoms with van der Waals surface area (Å²) in [6.45, 7) is 7.33. The summed E-state index contributed by atoms with van der Waals surface area (Å²) in [6.07, 6.45) is -6.62. The van der Waals surface area contributed by atoms with E-state index in [0.29, 0.717) is 0 Å². The number of hydrogen-bond acceptors (Lipinski definition) is 2. The van der Waals surface area contributed by atoms with Crippen molar-refractivity contribution in [1.82, 2.24) is 0 Å². The van der Waals surface area contributed by atoms with Crippen LogP contribution in [0.2, 0.25) is 0 Å². The molecule has 0 aliphatic heterocycles. The van der Waals surface area contributed by atoms with Gasteiger partial charge < -0.3 is 9.84 Å². The topological polar surface area (TPSA) is 29.5 Å². The minimum atomic E-state index is -4.62. The van der Waals surface area contributed by atoms with E-state index in [0.717, 1.165) is 0 Å². The first-order valence-electron chi connectivity index (χ1n) is 3.66. The lowest BCUT2D eigenvalue weighted by Gasteiger charge is -2.25. The summed E-state index contributed by atoms with van der Waals surface area (Å²) in [6, 6.07) is 0. The van der Waals surface area contributed by atoms with Crippen molar-refractivity contribution in [1.29, 1.82) is 0 Å². The molecule has 0 aliphatic rings. The van der Waals surface area contributed by atoms with E-state index >= 15 is 0 Å². The number of aliphatic hydroxyl groups is 1. The van der Waals surface area contributed by atoms with E-state index in [9.17, 15) is 13.2 Å². The molecule has 0 amide bonds. The SMILES string of the molecule is C=C(C(O)OC(C)(C)C)C(F)(F)F. The average molecular weight is 198 g/mol. The largest absolute Gasteiger partial charge is 0.416 e. The van der Waals surface area contributed by atoms with E-state index in [2.05, 4.69) is 11.3 Å². The normalized spacial score (nSPS) is 15.6. The van der Waals surface area contributed by atoms with Crippen molar-refractivity contribution in [2.75, 3.05) is 0 Å². The fraction of sp³-hybridized carbons (Fsp3) is 0.750. The van der Waals surface area contributed by atoms with E-state index < -0.39 is 23.6 Å². The molecule has 0 bridgehead atoms. The molecule has 0 aromatic carbocycles. The van der Waals surface area contributed by atoms with Crippen LogP contribution in [-0.4, -0.2) is 23.2 Å². The number of rotatable bonds is 2. The summed E-state index contributed by atoms with van der Waals surface area (Å²) >= 11 is 0. The van der Waals surface area contributed by atoms with Crippen molar-refractivity contribution in [3.8, 4) is 0 Å². The maximum Gasteiger partial charge on any atom is 0.416 e. The Kier molecular flexibility index (Phi) is 3.52. The number of alkyl halides is 3. The van der Waals surface area contributed by atoms with Crippen LogP contribution >= 0.6 is 0 Å². The minimum absolute atomic E-state index is 0.840. The zero-order valence-corrected chi connectivity index (χ0v) is 7.77. The Hall–Kier alpha value is -0.550. The molecule has 0 fully saturated rings. The first kappa shape index (κ1) is 12.4. The summed E-state index contributed by atoms with van der Waals surface area (Å²) in [5.74, 6) is 0. The van der Waals surface area contributed by atoms with Crippen LogP contribution < -0.4 is 0 Å². The Balaban J connectivity index is 4.30. The lowest BCUT2D eigenvalue weighted by molar-refractivity contribution is -0.184. The lowest BCUT2D eigenvalue weighted by atomic mass is 10.2. The van der Waals surface area contributed by atoms with Gasteiger partial charge in [0.2, 0.25) is 0 Å². The van der Waals surface area contributed by atoms with Crippen LogP contribution in [0.4, 0.5) is 13.2 Å². The Morgan fingerprint density at radius 1 is 1.31 bits per heavy atom. The molecule has 78 valence electrons. The van der Waals surface area contributed by atoms with Gasteiger partial charge in [0.1, 0.15) is 0 Å². The maximum absolute atomic E-state index is 11.9. The van der Waals surface area contributed by atoms with Gasteiger partial charge in [-0.2, -0.15) is 13.2 Å². The van der Waals surface area contributed by atoms with E-state index in [1.807, 2.05) is 0 Å². The molecule has 0 aromatic rings. The zero-order valence-electron chi connectivity index (χ0n) is 7.77. The first-order chi connectivity index (χ1) is 5.54. The van der Waals surface area contributed by atoms with Crippen molar-refractivity contribution in [2.45, 2.75) is 38.8 Å². The van der Waals surface area contributed by atoms with Gasteiger partial charge in [0.25, 0.3) is 0 Å². The predicted octanol–water partition coefficient (Wildman–Crippen LogP) is 2.24. The van der Waals surface area contributed by atoms with Crippen LogP contribution in [-0.2, 0) is 4.74 Å². The highest BCUT2D eigenvalue weighted by Gasteiger charge is 2.38. The number of hydrogen-bond donors (Lipinski definition) is 1. The lowest BCUT2D eigenvalue weighted by Crippen LogP contribution is -2.32. The molecule has 0 heterocycles. The van der Waals surface area contributed by atoms with E-state index in [-0.39, 0.29) is 0 Å². The molecule has 0 aromatic heterocycles. The van der Waals surface area contributed by atoms with Crippen LogP contribution in [0.3, 0.4) is 0 Å². The van der Waals surface area contributed by atoms with Crippen molar-refractivity contribution in [2.24, 2.45) is 0 Å². The van der Waals surface area contributed by atoms with Crippen LogP contribution in [0.1, 0.15) is 20.8 Å². The highest BCUT2D eigenvalue weighted by Crippen LogP contribution is 2.28. The fourth-order valence-electron chi connectivity index (χ4n) is 0.546. The van der Waals surface area contributed by atoms with Crippen LogP contribution in [0, 0.1) is 0 Å². The van der Waals surface area contributed by atoms with Gasteiger partial charge in [-0.15, -0.1) is 0 Å². The summed E-state index contributed by atoms with van der Waals surface area (Å²) in [7, 11) is 0. The number of ether oxygens (including phenoxy) is 1. The van der Waals surface area contributed by atoms with Crippen molar-refractivity contribution in [3.05, 3.63) is 12.2 Å². The molecule has 1 unspecified atom stereocenters. The first-order valence-corrected chi connectivity index (χ1v) is 3.66. The third-order valence-electron chi connectivity index (χ3n) is 1.13. The summed E-state index contributed by atoms with van der Waals surface area (Å²) in [5.41, 5.74) is -2.13. The Bertz CT molecular complexity index is 191. The van der Waals surface area contributed by atoms with Gasteiger partial charge in [0.15, 0.2) is 6.29 Å². The standard InChI is InChI=1S/C8H13F3O2/c1-5(8(9,10)11)6(12)13-7(2,3)4/h6,12H,1H2,2-4H3. The Morgan fingerprint density at radius 3 is 1.92 bits per heavy atom. The molecule has 0 saturated heterocycles. The molecule has 0 saturated carbocycles. The van der Waals surface area contributed by atoms with Gasteiger partial charge in [-0.3, -0.25) is 0 Å². The quantitative estimate of drug-likeness (QED) is 0.544. The maximum atomic E-state index is 11.9. The van der Waals surface area contributed by atoms with E-state index in [1.165, 1.54) is 0 Å². The van der Waals surface area contributed by atoms with E-state index in [4.69, 9.17) is 5.11 Å². The van der Waals surface area contributed by atoms with Crippen LogP contribution in [0.5, 0.6) is 0 Å². The second kappa shape index (κ2) is 3.67. The van der Waals surface area contributed by atoms with Gasteiger partial charge in [0, 0.05) is 0 Å². The molecule has 0 radical (unpaired) electrons. The zero-order chi connectivity index (χ0) is 10.9. The predicted molar refractivity (Wildman–Crippen MR) is 42.0 cm³/mol. The summed E-state index contributed by atoms with van der Waals surface area (Å²) in [5, 5.41) is 8.95. The molecular weight excluding hydrogens is 185 g/mol. The minimum Gasteiger partial charge on any atom is -0.364 e. The highest BCUT2D eigenvalue weighted by molar-refractivity contribution is 5.05. The van der Waals surface area contributed by atoms with E-state index in [1.54, 1.807) is 20.8 Å². The fourth-order valence-corrected chi connectivity index (χ4v) is 0.546. The van der Waals surface area contributed by atoms with Gasteiger partial charge in [-0.05, 0) is 20.8 Å². The molecule has 0 spiro atoms. The molecule has 2 nitrogen and oxygen atoms in total. The van der Waals surface area contributed by atoms with Crippen LogP contribution in [0.25, 0.3) is 0 Å². The van der Waals surface area contributed by atoms with Crippen molar-refractivity contribution in [3.63, 3.8) is 0 Å². The Morgan fingerprint density at radius 2 is 1.69 bits per heavy atom. The third kappa shape index (κ3) is 4.90. The van der Waals surface area contributed by atoms with Crippen molar-refractivity contribution < 1.29 is 23.0 Å². The third-order valence-corrected chi connectivity index (χ3v) is 1.13. The Labute approximate surface area is 75.0 Å². The molecule has 0 aliphatic carbocycles. The summed E-state index contributed by atoms with van der Waals surface area (Å²) in [4.78, 5) is 0. The van der Waals surface area contributed by atoms with Gasteiger partial charge >= 0.3 is 6.18 Å². The molecule has 1 N–H and O–H groups in total. The number of aliphatic hydroxyl groups excluding tert-OH is 1. The van der Waals surface area contributed by atoms with Crippen LogP contribution in [0.15, 0.2) is 12.2 Å². The highest BCUT2D eigenvalue weighted by atomic mass is 19.4. The molecule has 0 rings (SSSR count). The van der Waals surface area contributed by atoms with Gasteiger partial charge in [-0.1, -0.05) is 6.58 Å². The number of halogens is 3. The average Bonchev–Trinajstić information content (AvgIpc) is 1.79. The van der Waals surface area contributed by atoms with Gasteiger partial charge in [-0.25, -0.2) is 0 Å². The molecular formula is C8H13F3O2. The molecule has 1 atom stereocenters. The second-order valence-electron chi connectivity index (χ2n) is 3.61. The smallest absolute Gasteiger partial charge is 0.364 e. The molecule has 13 heavy (non-hydrogen) atoms. The monoisotopic (exact) mass is 198 g/mol. The second-order valence-corrected chi connectivity index (χ2v) is 3.61. The summed E-state index contributed by atoms with van der Waals surface area (Å²) < 4.78 is 40.5. The van der Waals surface area contributed by atoms with Gasteiger partial charge in [0.05, 0.1) is 11.2 Å². The van der Waals surface area contributed by atoms with Crippen molar-refractivity contribution >= 4 is 0 Å².